The van der Waals surface area contributed by atoms with Crippen molar-refractivity contribution in [1.29, 1.82) is 0 Å². The second-order valence-corrected chi connectivity index (χ2v) is 12.7. The molecule has 3 aromatic carbocycles. The maximum absolute atomic E-state index is 14.0. The Balaban J connectivity index is 1.72. The summed E-state index contributed by atoms with van der Waals surface area (Å²) in [6.45, 7) is 5.13. The molecule has 0 saturated heterocycles. The van der Waals surface area contributed by atoms with E-state index in [-0.39, 0.29) is 40.5 Å². The molecule has 13 heteroatoms. The van der Waals surface area contributed by atoms with Crippen molar-refractivity contribution >= 4 is 50.7 Å². The molecule has 1 heterocycles. The Morgan fingerprint density at radius 1 is 0.953 bits per heavy atom. The third-order valence-corrected chi connectivity index (χ3v) is 9.51. The lowest BCUT2D eigenvalue weighted by Gasteiger charge is -2.32. The normalized spacial score (nSPS) is 14.0. The highest BCUT2D eigenvalue weighted by atomic mass is 35.5. The number of ether oxygens (including phenoxy) is 2. The van der Waals surface area contributed by atoms with Crippen LogP contribution in [-0.4, -0.2) is 57.0 Å². The summed E-state index contributed by atoms with van der Waals surface area (Å²) >= 11 is 12.3. The lowest BCUT2D eigenvalue weighted by Crippen LogP contribution is -2.52. The van der Waals surface area contributed by atoms with Gasteiger partial charge in [-0.15, -0.1) is 0 Å². The number of nitrogens with one attached hydrogen (secondary N) is 1. The van der Waals surface area contributed by atoms with Gasteiger partial charge in [-0.3, -0.25) is 13.9 Å². The van der Waals surface area contributed by atoms with Gasteiger partial charge in [0.1, 0.15) is 31.6 Å². The van der Waals surface area contributed by atoms with Crippen molar-refractivity contribution in [3.8, 4) is 11.5 Å². The zero-order valence-electron chi connectivity index (χ0n) is 23.8. The molecule has 0 spiro atoms. The van der Waals surface area contributed by atoms with E-state index >= 15 is 0 Å². The zero-order chi connectivity index (χ0) is 31.3. The van der Waals surface area contributed by atoms with Crippen LogP contribution in [0.4, 0.5) is 10.1 Å². The number of benzene rings is 3. The van der Waals surface area contributed by atoms with E-state index in [2.05, 4.69) is 5.32 Å². The second kappa shape index (κ2) is 13.8. The molecule has 230 valence electrons. The number of carbonyl (C=O) groups excluding carboxylic acids is 2. The summed E-state index contributed by atoms with van der Waals surface area (Å²) in [6.07, 6.45) is 0.672. The van der Waals surface area contributed by atoms with Crippen LogP contribution >= 0.6 is 23.2 Å². The first-order chi connectivity index (χ1) is 20.4. The van der Waals surface area contributed by atoms with E-state index in [9.17, 15) is 22.4 Å². The van der Waals surface area contributed by atoms with Gasteiger partial charge in [-0.1, -0.05) is 36.2 Å². The number of halogens is 3. The minimum Gasteiger partial charge on any atom is -0.486 e. The van der Waals surface area contributed by atoms with Gasteiger partial charge < -0.3 is 19.7 Å². The van der Waals surface area contributed by atoms with Gasteiger partial charge in [0.15, 0.2) is 11.5 Å². The van der Waals surface area contributed by atoms with Crippen molar-refractivity contribution in [2.45, 2.75) is 50.7 Å². The van der Waals surface area contributed by atoms with Crippen LogP contribution in [0.3, 0.4) is 0 Å². The van der Waals surface area contributed by atoms with Gasteiger partial charge in [0.25, 0.3) is 10.0 Å². The summed E-state index contributed by atoms with van der Waals surface area (Å²) in [5.41, 5.74) is 0.629. The average molecular weight is 653 g/mol. The lowest BCUT2D eigenvalue weighted by atomic mass is 10.1. The SMILES string of the molecule is CC[C@@H](C)NC(=O)[C@@H](C)N(Cc1ccc(Cl)c(Cl)c1)C(=O)CN(c1ccc(F)cc1)S(=O)(=O)c1ccc2c(c1)OCCO2. The van der Waals surface area contributed by atoms with Crippen LogP contribution in [0, 0.1) is 5.82 Å². The summed E-state index contributed by atoms with van der Waals surface area (Å²) in [5, 5.41) is 3.45. The molecule has 4 rings (SSSR count). The molecule has 1 aliphatic heterocycles. The molecule has 0 bridgehead atoms. The largest absolute Gasteiger partial charge is 0.486 e. The molecule has 3 aromatic rings. The molecular weight excluding hydrogens is 620 g/mol. The highest BCUT2D eigenvalue weighted by molar-refractivity contribution is 7.92. The number of amides is 2. The molecule has 0 saturated carbocycles. The van der Waals surface area contributed by atoms with Crippen LogP contribution in [0.15, 0.2) is 65.6 Å². The first kappa shape index (κ1) is 32.4. The van der Waals surface area contributed by atoms with Crippen LogP contribution in [0.25, 0.3) is 0 Å². The highest BCUT2D eigenvalue weighted by Gasteiger charge is 2.33. The Morgan fingerprint density at radius 2 is 1.63 bits per heavy atom. The van der Waals surface area contributed by atoms with E-state index in [1.54, 1.807) is 25.1 Å². The van der Waals surface area contributed by atoms with E-state index < -0.39 is 40.2 Å². The first-order valence-corrected chi connectivity index (χ1v) is 15.8. The number of anilines is 1. The lowest BCUT2D eigenvalue weighted by molar-refractivity contribution is -0.139. The molecule has 1 N–H and O–H groups in total. The molecule has 0 radical (unpaired) electrons. The molecule has 0 aliphatic carbocycles. The van der Waals surface area contributed by atoms with Gasteiger partial charge in [-0.25, -0.2) is 12.8 Å². The molecule has 2 atom stereocenters. The topological polar surface area (TPSA) is 105 Å². The molecular formula is C30H32Cl2FN3O6S. The maximum atomic E-state index is 14.0. The fourth-order valence-electron chi connectivity index (χ4n) is 4.33. The van der Waals surface area contributed by atoms with Crippen molar-refractivity contribution in [1.82, 2.24) is 10.2 Å². The fourth-order valence-corrected chi connectivity index (χ4v) is 6.08. The molecule has 0 aromatic heterocycles. The van der Waals surface area contributed by atoms with Crippen molar-refractivity contribution in [2.75, 3.05) is 24.1 Å². The average Bonchev–Trinajstić information content (AvgIpc) is 3.00. The molecule has 0 unspecified atom stereocenters. The van der Waals surface area contributed by atoms with Crippen molar-refractivity contribution in [3.05, 3.63) is 82.1 Å². The predicted molar refractivity (Wildman–Crippen MR) is 163 cm³/mol. The number of carbonyl (C=O) groups is 2. The predicted octanol–water partition coefficient (Wildman–Crippen LogP) is 5.43. The third-order valence-electron chi connectivity index (χ3n) is 7.00. The van der Waals surface area contributed by atoms with Gasteiger partial charge in [-0.05, 0) is 74.4 Å². The maximum Gasteiger partial charge on any atom is 0.264 e. The van der Waals surface area contributed by atoms with E-state index in [1.165, 1.54) is 35.2 Å². The number of rotatable bonds is 11. The van der Waals surface area contributed by atoms with Crippen LogP contribution in [-0.2, 0) is 26.2 Å². The molecule has 1 aliphatic rings. The van der Waals surface area contributed by atoms with Gasteiger partial charge in [-0.2, -0.15) is 0 Å². The molecule has 0 fully saturated rings. The number of hydrogen-bond donors (Lipinski definition) is 1. The monoisotopic (exact) mass is 651 g/mol. The van der Waals surface area contributed by atoms with E-state index in [0.717, 1.165) is 16.4 Å². The summed E-state index contributed by atoms with van der Waals surface area (Å²) in [6, 6.07) is 12.5. The number of fused-ring (bicyclic) bond motifs is 1. The Hall–Kier alpha value is -3.54. The summed E-state index contributed by atoms with van der Waals surface area (Å²) in [4.78, 5) is 28.3. The minimum atomic E-state index is -4.39. The number of sulfonamides is 1. The van der Waals surface area contributed by atoms with E-state index in [1.807, 2.05) is 13.8 Å². The Morgan fingerprint density at radius 3 is 2.28 bits per heavy atom. The standard InChI is InChI=1S/C30H32Cl2FN3O6S/c1-4-19(2)34-30(38)20(3)35(17-21-5-11-25(31)26(32)15-21)29(37)18-36(23-8-6-22(33)7-9-23)43(39,40)24-10-12-27-28(16-24)42-14-13-41-27/h5-12,15-16,19-20H,4,13-14,17-18H2,1-3H3,(H,34,38)/t19-,20-/m1/s1. The number of nitrogens with zero attached hydrogens (tertiary/aromatic N) is 2. The zero-order valence-corrected chi connectivity index (χ0v) is 26.2. The van der Waals surface area contributed by atoms with Gasteiger partial charge in [0.05, 0.1) is 20.6 Å². The first-order valence-electron chi connectivity index (χ1n) is 13.6. The second-order valence-electron chi connectivity index (χ2n) is 10.1. The van der Waals surface area contributed by atoms with Crippen LogP contribution in [0.1, 0.15) is 32.8 Å². The highest BCUT2D eigenvalue weighted by Crippen LogP contribution is 2.34. The quantitative estimate of drug-likeness (QED) is 0.296. The van der Waals surface area contributed by atoms with Crippen molar-refractivity contribution in [2.24, 2.45) is 0 Å². The Kier molecular flexibility index (Phi) is 10.4. The minimum absolute atomic E-state index is 0.0517. The number of hydrogen-bond acceptors (Lipinski definition) is 6. The van der Waals surface area contributed by atoms with Gasteiger partial charge >= 0.3 is 0 Å². The molecule has 2 amide bonds. The molecule has 43 heavy (non-hydrogen) atoms. The van der Waals surface area contributed by atoms with Gasteiger partial charge in [0, 0.05) is 18.7 Å². The third kappa shape index (κ3) is 7.70. The van der Waals surface area contributed by atoms with E-state index in [4.69, 9.17) is 32.7 Å². The van der Waals surface area contributed by atoms with E-state index in [0.29, 0.717) is 29.4 Å². The van der Waals surface area contributed by atoms with Crippen molar-refractivity contribution < 1.29 is 31.9 Å². The van der Waals surface area contributed by atoms with Crippen molar-refractivity contribution in [3.63, 3.8) is 0 Å². The molecule has 9 nitrogen and oxygen atoms in total. The summed E-state index contributed by atoms with van der Waals surface area (Å²) < 4.78 is 53.9. The van der Waals surface area contributed by atoms with Gasteiger partial charge in [0.2, 0.25) is 11.8 Å². The Labute approximate surface area is 260 Å². The summed E-state index contributed by atoms with van der Waals surface area (Å²) in [5.74, 6) is -1.03. The fraction of sp³-hybridized carbons (Fsp3) is 0.333. The summed E-state index contributed by atoms with van der Waals surface area (Å²) in [7, 11) is -4.39. The van der Waals surface area contributed by atoms with Crippen LogP contribution < -0.4 is 19.1 Å². The smallest absolute Gasteiger partial charge is 0.264 e. The Bertz CT molecular complexity index is 1590. The van der Waals surface area contributed by atoms with Crippen LogP contribution in [0.5, 0.6) is 11.5 Å². The van der Waals surface area contributed by atoms with Crippen LogP contribution in [0.2, 0.25) is 10.0 Å².